The van der Waals surface area contributed by atoms with Gasteiger partial charge in [0.05, 0.1) is 6.61 Å². The Hall–Kier alpha value is -1.48. The lowest BCUT2D eigenvalue weighted by Gasteiger charge is -2.14. The number of nitrogens with two attached hydrogens (primary N) is 1. The first-order chi connectivity index (χ1) is 8.33. The lowest BCUT2D eigenvalue weighted by atomic mass is 10.1. The second-order valence-electron chi connectivity index (χ2n) is 3.60. The van der Waals surface area contributed by atoms with Gasteiger partial charge in [0.15, 0.2) is 11.5 Å². The fourth-order valence-electron chi connectivity index (χ4n) is 1.57. The fourth-order valence-corrected chi connectivity index (χ4v) is 1.57. The standard InChI is InChI=1S/C14H21NO2/c1-3-5-11-17-14-12(9-10-15)7-6-8-13(14)16-4-2/h3,5-8H,4,9-11,15H2,1-2H3/b5-3+. The van der Waals surface area contributed by atoms with Crippen LogP contribution < -0.4 is 15.2 Å². The van der Waals surface area contributed by atoms with Crippen LogP contribution in [-0.2, 0) is 6.42 Å². The van der Waals surface area contributed by atoms with E-state index in [1.165, 1.54) is 0 Å². The van der Waals surface area contributed by atoms with Gasteiger partial charge in [-0.15, -0.1) is 0 Å². The van der Waals surface area contributed by atoms with Gasteiger partial charge < -0.3 is 15.2 Å². The molecule has 0 unspecified atom stereocenters. The molecule has 0 aliphatic carbocycles. The van der Waals surface area contributed by atoms with Crippen molar-refractivity contribution in [1.82, 2.24) is 0 Å². The molecule has 0 radical (unpaired) electrons. The molecule has 94 valence electrons. The Bertz CT molecular complexity index is 337. The highest BCUT2D eigenvalue weighted by molar-refractivity contribution is 5.47. The molecule has 1 aromatic carbocycles. The Morgan fingerprint density at radius 3 is 2.76 bits per heavy atom. The van der Waals surface area contributed by atoms with Gasteiger partial charge in [-0.2, -0.15) is 0 Å². The summed E-state index contributed by atoms with van der Waals surface area (Å²) in [7, 11) is 0. The summed E-state index contributed by atoms with van der Waals surface area (Å²) in [5.74, 6) is 1.61. The van der Waals surface area contributed by atoms with Crippen LogP contribution in [0.5, 0.6) is 11.5 Å². The van der Waals surface area contributed by atoms with E-state index in [0.29, 0.717) is 19.8 Å². The molecule has 0 aliphatic heterocycles. The molecule has 0 fully saturated rings. The molecular formula is C14H21NO2. The van der Waals surface area contributed by atoms with Gasteiger partial charge in [-0.3, -0.25) is 0 Å². The van der Waals surface area contributed by atoms with Crippen LogP contribution in [0.15, 0.2) is 30.4 Å². The zero-order valence-corrected chi connectivity index (χ0v) is 10.6. The normalized spacial score (nSPS) is 10.8. The minimum atomic E-state index is 0.554. The van der Waals surface area contributed by atoms with Crippen molar-refractivity contribution >= 4 is 0 Å². The Morgan fingerprint density at radius 2 is 2.12 bits per heavy atom. The fraction of sp³-hybridized carbons (Fsp3) is 0.429. The summed E-state index contributed by atoms with van der Waals surface area (Å²) >= 11 is 0. The van der Waals surface area contributed by atoms with Gasteiger partial charge in [0.25, 0.3) is 0 Å². The Balaban J connectivity index is 2.91. The average Bonchev–Trinajstić information content (AvgIpc) is 2.33. The highest BCUT2D eigenvalue weighted by atomic mass is 16.5. The van der Waals surface area contributed by atoms with Gasteiger partial charge in [0.1, 0.15) is 6.61 Å². The summed E-state index contributed by atoms with van der Waals surface area (Å²) in [5.41, 5.74) is 6.70. The highest BCUT2D eigenvalue weighted by Crippen LogP contribution is 2.31. The lowest BCUT2D eigenvalue weighted by molar-refractivity contribution is 0.294. The quantitative estimate of drug-likeness (QED) is 0.739. The van der Waals surface area contributed by atoms with Gasteiger partial charge in [-0.25, -0.2) is 0 Å². The summed E-state index contributed by atoms with van der Waals surface area (Å²) in [6.45, 7) is 5.73. The van der Waals surface area contributed by atoms with Crippen molar-refractivity contribution in [2.45, 2.75) is 20.3 Å². The third-order valence-electron chi connectivity index (χ3n) is 2.33. The maximum Gasteiger partial charge on any atom is 0.164 e. The summed E-state index contributed by atoms with van der Waals surface area (Å²) in [6.07, 6.45) is 4.73. The predicted octanol–water partition coefficient (Wildman–Crippen LogP) is 2.54. The third-order valence-corrected chi connectivity index (χ3v) is 2.33. The van der Waals surface area contributed by atoms with E-state index in [1.807, 2.05) is 44.2 Å². The smallest absolute Gasteiger partial charge is 0.164 e. The maximum atomic E-state index is 5.75. The van der Waals surface area contributed by atoms with E-state index in [2.05, 4.69) is 0 Å². The number of hydrogen-bond acceptors (Lipinski definition) is 3. The van der Waals surface area contributed by atoms with Crippen LogP contribution in [0.3, 0.4) is 0 Å². The zero-order chi connectivity index (χ0) is 12.5. The number of allylic oxidation sites excluding steroid dienone is 1. The van der Waals surface area contributed by atoms with Crippen molar-refractivity contribution in [3.05, 3.63) is 35.9 Å². The van der Waals surface area contributed by atoms with E-state index in [0.717, 1.165) is 23.5 Å². The van der Waals surface area contributed by atoms with Gasteiger partial charge in [0.2, 0.25) is 0 Å². The van der Waals surface area contributed by atoms with E-state index in [4.69, 9.17) is 15.2 Å². The summed E-state index contributed by atoms with van der Waals surface area (Å²) in [6, 6.07) is 5.92. The van der Waals surface area contributed by atoms with E-state index in [-0.39, 0.29) is 0 Å². The molecule has 3 nitrogen and oxygen atoms in total. The first kappa shape index (κ1) is 13.6. The molecule has 0 atom stereocenters. The van der Waals surface area contributed by atoms with Crippen LogP contribution >= 0.6 is 0 Å². The average molecular weight is 235 g/mol. The predicted molar refractivity (Wildman–Crippen MR) is 70.7 cm³/mol. The Kier molecular flexibility index (Phi) is 6.18. The maximum absolute atomic E-state index is 5.75. The molecule has 3 heteroatoms. The second kappa shape index (κ2) is 7.74. The van der Waals surface area contributed by atoms with Gasteiger partial charge >= 0.3 is 0 Å². The van der Waals surface area contributed by atoms with E-state index >= 15 is 0 Å². The monoisotopic (exact) mass is 235 g/mol. The second-order valence-corrected chi connectivity index (χ2v) is 3.60. The summed E-state index contributed by atoms with van der Waals surface area (Å²) < 4.78 is 11.3. The van der Waals surface area contributed by atoms with Crippen LogP contribution in [0.4, 0.5) is 0 Å². The van der Waals surface area contributed by atoms with Crippen LogP contribution in [0.1, 0.15) is 19.4 Å². The zero-order valence-electron chi connectivity index (χ0n) is 10.6. The summed E-state index contributed by atoms with van der Waals surface area (Å²) in [4.78, 5) is 0. The van der Waals surface area contributed by atoms with Crippen LogP contribution in [-0.4, -0.2) is 19.8 Å². The van der Waals surface area contributed by atoms with Crippen molar-refractivity contribution < 1.29 is 9.47 Å². The minimum absolute atomic E-state index is 0.554. The van der Waals surface area contributed by atoms with E-state index < -0.39 is 0 Å². The van der Waals surface area contributed by atoms with Crippen molar-refractivity contribution in [1.29, 1.82) is 0 Å². The Labute approximate surface area is 103 Å². The van der Waals surface area contributed by atoms with E-state index in [9.17, 15) is 0 Å². The molecule has 0 heterocycles. The van der Waals surface area contributed by atoms with Crippen molar-refractivity contribution in [2.75, 3.05) is 19.8 Å². The van der Waals surface area contributed by atoms with Crippen molar-refractivity contribution in [3.63, 3.8) is 0 Å². The molecule has 0 saturated carbocycles. The SMILES string of the molecule is C/C=C/COc1c(CCN)cccc1OCC. The summed E-state index contributed by atoms with van der Waals surface area (Å²) in [5, 5.41) is 0. The third kappa shape index (κ3) is 4.11. The number of para-hydroxylation sites is 1. The first-order valence-electron chi connectivity index (χ1n) is 6.02. The molecule has 0 spiro atoms. The largest absolute Gasteiger partial charge is 0.490 e. The van der Waals surface area contributed by atoms with Gasteiger partial charge in [0, 0.05) is 0 Å². The number of benzene rings is 1. The van der Waals surface area contributed by atoms with Gasteiger partial charge in [-0.1, -0.05) is 24.3 Å². The first-order valence-corrected chi connectivity index (χ1v) is 6.02. The van der Waals surface area contributed by atoms with E-state index in [1.54, 1.807) is 0 Å². The number of hydrogen-bond donors (Lipinski definition) is 1. The molecular weight excluding hydrogens is 214 g/mol. The highest BCUT2D eigenvalue weighted by Gasteiger charge is 2.09. The van der Waals surface area contributed by atoms with Crippen LogP contribution in [0.2, 0.25) is 0 Å². The van der Waals surface area contributed by atoms with Crippen LogP contribution in [0, 0.1) is 0 Å². The number of ether oxygens (including phenoxy) is 2. The molecule has 0 amide bonds. The molecule has 0 aromatic heterocycles. The van der Waals surface area contributed by atoms with Crippen LogP contribution in [0.25, 0.3) is 0 Å². The van der Waals surface area contributed by atoms with Gasteiger partial charge in [-0.05, 0) is 38.4 Å². The molecule has 0 bridgehead atoms. The lowest BCUT2D eigenvalue weighted by Crippen LogP contribution is -2.07. The molecule has 17 heavy (non-hydrogen) atoms. The molecule has 2 N–H and O–H groups in total. The Morgan fingerprint density at radius 1 is 1.29 bits per heavy atom. The molecule has 0 aliphatic rings. The topological polar surface area (TPSA) is 44.5 Å². The molecule has 0 saturated heterocycles. The van der Waals surface area contributed by atoms with Crippen molar-refractivity contribution in [2.24, 2.45) is 5.73 Å². The number of rotatable bonds is 7. The van der Waals surface area contributed by atoms with Crippen molar-refractivity contribution in [3.8, 4) is 11.5 Å². The minimum Gasteiger partial charge on any atom is -0.490 e. The molecule has 1 rings (SSSR count). The molecule has 1 aromatic rings.